The molecule has 2 aliphatic heterocycles. The van der Waals surface area contributed by atoms with E-state index < -0.39 is 77.5 Å². The van der Waals surface area contributed by atoms with Gasteiger partial charge in [-0.05, 0) is 114 Å². The summed E-state index contributed by atoms with van der Waals surface area (Å²) in [6.07, 6.45) is 0.881. The summed E-state index contributed by atoms with van der Waals surface area (Å²) >= 11 is 0. The van der Waals surface area contributed by atoms with Crippen LogP contribution in [0.5, 0.6) is 5.75 Å². The van der Waals surface area contributed by atoms with Crippen LogP contribution in [-0.2, 0) is 41.6 Å². The first-order valence-corrected chi connectivity index (χ1v) is 20.1. The molecule has 0 aliphatic carbocycles. The van der Waals surface area contributed by atoms with Gasteiger partial charge in [0, 0.05) is 19.4 Å². The van der Waals surface area contributed by atoms with Crippen LogP contribution in [0, 0.1) is 0 Å². The van der Waals surface area contributed by atoms with E-state index in [2.05, 4.69) is 16.0 Å². The first-order valence-electron chi connectivity index (χ1n) is 20.1. The predicted molar refractivity (Wildman–Crippen MR) is 220 cm³/mol. The number of hydrogen-bond acceptors (Lipinski definition) is 9. The van der Waals surface area contributed by atoms with Gasteiger partial charge in [0.05, 0.1) is 6.54 Å². The Balaban J connectivity index is 1.54. The SMILES string of the molecule is CC(C)(C)OC(=O)N[C@@H](Cc1ccc(OC(C)(C)C)cc1)C(=O)N1C(=O)CNC(=O)[C@H]2CCCN2C(=O)[C@H](Cc2ccc3ccccc3c2)NC(=O)[C@H]1CCCCN. The fourth-order valence-electron chi connectivity index (χ4n) is 7.35. The maximum atomic E-state index is 14.9. The highest BCUT2D eigenvalue weighted by molar-refractivity contribution is 6.05. The Kier molecular flexibility index (Phi) is 14.2. The lowest BCUT2D eigenvalue weighted by atomic mass is 9.98. The minimum atomic E-state index is -1.42. The Morgan fingerprint density at radius 2 is 1.57 bits per heavy atom. The average molecular weight is 799 g/mol. The van der Waals surface area contributed by atoms with E-state index >= 15 is 0 Å². The van der Waals surface area contributed by atoms with Crippen LogP contribution in [0.3, 0.4) is 0 Å². The fraction of sp³-hybridized carbons (Fsp3) is 0.500. The molecule has 0 spiro atoms. The molecule has 6 amide bonds. The van der Waals surface area contributed by atoms with Crippen molar-refractivity contribution in [2.75, 3.05) is 19.6 Å². The highest BCUT2D eigenvalue weighted by Crippen LogP contribution is 2.24. The van der Waals surface area contributed by atoms with Crippen LogP contribution in [-0.4, -0.2) is 100 Å². The summed E-state index contributed by atoms with van der Waals surface area (Å²) in [6, 6.07) is 15.7. The highest BCUT2D eigenvalue weighted by atomic mass is 16.6. The van der Waals surface area contributed by atoms with Crippen LogP contribution in [0.15, 0.2) is 66.7 Å². The monoisotopic (exact) mass is 798 g/mol. The summed E-state index contributed by atoms with van der Waals surface area (Å²) in [4.78, 5) is 87.6. The summed E-state index contributed by atoms with van der Waals surface area (Å²) in [7, 11) is 0. The molecule has 14 nitrogen and oxygen atoms in total. The molecular formula is C44H58N6O8. The van der Waals surface area contributed by atoms with Crippen molar-refractivity contribution in [3.8, 4) is 5.75 Å². The molecule has 0 radical (unpaired) electrons. The number of nitrogens with zero attached hydrogens (tertiary/aromatic N) is 2. The smallest absolute Gasteiger partial charge is 0.408 e. The molecule has 58 heavy (non-hydrogen) atoms. The van der Waals surface area contributed by atoms with Gasteiger partial charge in [-0.2, -0.15) is 0 Å². The molecule has 312 valence electrons. The van der Waals surface area contributed by atoms with Gasteiger partial charge in [-0.25, -0.2) is 4.79 Å². The van der Waals surface area contributed by atoms with E-state index in [0.717, 1.165) is 21.2 Å². The molecule has 2 heterocycles. The highest BCUT2D eigenvalue weighted by Gasteiger charge is 2.43. The van der Waals surface area contributed by atoms with Crippen LogP contribution in [0.25, 0.3) is 10.8 Å². The van der Waals surface area contributed by atoms with Crippen LogP contribution < -0.4 is 26.4 Å². The van der Waals surface area contributed by atoms with Gasteiger partial charge >= 0.3 is 6.09 Å². The van der Waals surface area contributed by atoms with Gasteiger partial charge in [0.2, 0.25) is 23.6 Å². The predicted octanol–water partition coefficient (Wildman–Crippen LogP) is 4.15. The lowest BCUT2D eigenvalue weighted by Gasteiger charge is -2.35. The molecule has 3 aromatic carbocycles. The standard InChI is InChI=1S/C44H58N6O8/c1-43(2,3)57-32-20-17-28(18-21-32)25-34(48-42(56)58-44(4,5)6)41(55)50-36(14-9-10-22-45)39(53)47-33(26-29-16-19-30-12-7-8-13-31(30)24-29)40(54)49-23-11-15-35(49)38(52)46-27-37(50)51/h7-8,12-13,16-21,24,33-36H,9-11,14-15,22-23,25-27,45H2,1-6H3,(H,46,52)(H,47,53)(H,48,56)/t33-,34-,35+,36+/m0/s1. The van der Waals surface area contributed by atoms with Crippen molar-refractivity contribution in [2.24, 2.45) is 5.73 Å². The van der Waals surface area contributed by atoms with Gasteiger partial charge in [0.1, 0.15) is 41.1 Å². The molecule has 5 N–H and O–H groups in total. The van der Waals surface area contributed by atoms with Gasteiger partial charge < -0.3 is 36.1 Å². The molecule has 4 atom stereocenters. The number of benzene rings is 3. The van der Waals surface area contributed by atoms with Crippen molar-refractivity contribution in [3.05, 3.63) is 77.9 Å². The summed E-state index contributed by atoms with van der Waals surface area (Å²) in [6.45, 7) is 10.8. The molecular weight excluding hydrogens is 741 g/mol. The zero-order valence-corrected chi connectivity index (χ0v) is 34.5. The number of nitrogens with one attached hydrogen (secondary N) is 3. The number of unbranched alkanes of at least 4 members (excludes halogenated alkanes) is 1. The molecule has 0 aromatic heterocycles. The number of ether oxygens (including phenoxy) is 2. The second-order valence-electron chi connectivity index (χ2n) is 17.0. The van der Waals surface area contributed by atoms with E-state index in [1.165, 1.54) is 4.90 Å². The maximum absolute atomic E-state index is 14.9. The second kappa shape index (κ2) is 18.8. The number of nitrogens with two attached hydrogens (primary N) is 1. The van der Waals surface area contributed by atoms with Gasteiger partial charge in [-0.15, -0.1) is 0 Å². The van der Waals surface area contributed by atoms with E-state index in [0.29, 0.717) is 50.1 Å². The van der Waals surface area contributed by atoms with E-state index in [1.54, 1.807) is 45.0 Å². The van der Waals surface area contributed by atoms with E-state index in [9.17, 15) is 28.8 Å². The Morgan fingerprint density at radius 1 is 0.879 bits per heavy atom. The fourth-order valence-corrected chi connectivity index (χ4v) is 7.35. The summed E-state index contributed by atoms with van der Waals surface area (Å²) in [5, 5.41) is 10.2. The van der Waals surface area contributed by atoms with Gasteiger partial charge in [0.25, 0.3) is 5.91 Å². The Morgan fingerprint density at radius 3 is 2.24 bits per heavy atom. The van der Waals surface area contributed by atoms with E-state index in [1.807, 2.05) is 63.2 Å². The first kappa shape index (κ1) is 43.6. The van der Waals surface area contributed by atoms with Crippen LogP contribution in [0.2, 0.25) is 0 Å². The number of carbonyl (C=O) groups excluding carboxylic acids is 6. The van der Waals surface area contributed by atoms with Crippen molar-refractivity contribution >= 4 is 46.4 Å². The van der Waals surface area contributed by atoms with Gasteiger partial charge in [-0.3, -0.25) is 28.9 Å². The molecule has 2 aliphatic rings. The number of imide groups is 1. The molecule has 5 rings (SSSR count). The third-order valence-corrected chi connectivity index (χ3v) is 9.95. The third kappa shape index (κ3) is 11.8. The lowest BCUT2D eigenvalue weighted by molar-refractivity contribution is -0.155. The summed E-state index contributed by atoms with van der Waals surface area (Å²) < 4.78 is 11.5. The minimum Gasteiger partial charge on any atom is -0.488 e. The number of hydrogen-bond donors (Lipinski definition) is 4. The molecule has 2 fully saturated rings. The average Bonchev–Trinajstić information content (AvgIpc) is 3.65. The molecule has 14 heteroatoms. The zero-order valence-electron chi connectivity index (χ0n) is 34.5. The number of amides is 6. The van der Waals surface area contributed by atoms with Crippen molar-refractivity contribution in [2.45, 2.75) is 122 Å². The second-order valence-corrected chi connectivity index (χ2v) is 17.0. The normalized spacial score (nSPS) is 20.0. The summed E-state index contributed by atoms with van der Waals surface area (Å²) in [5.41, 5.74) is 5.86. The Labute approximate surface area is 340 Å². The van der Waals surface area contributed by atoms with Gasteiger partial charge in [0.15, 0.2) is 0 Å². The molecule has 0 unspecified atom stereocenters. The van der Waals surface area contributed by atoms with Crippen molar-refractivity contribution in [1.29, 1.82) is 0 Å². The van der Waals surface area contributed by atoms with E-state index in [-0.39, 0.29) is 19.3 Å². The van der Waals surface area contributed by atoms with Crippen molar-refractivity contribution in [3.63, 3.8) is 0 Å². The van der Waals surface area contributed by atoms with Crippen molar-refractivity contribution < 1.29 is 38.2 Å². The number of rotatable bonds is 11. The van der Waals surface area contributed by atoms with Crippen LogP contribution >= 0.6 is 0 Å². The zero-order chi connectivity index (χ0) is 42.2. The molecule has 0 bridgehead atoms. The lowest BCUT2D eigenvalue weighted by Crippen LogP contribution is -2.63. The van der Waals surface area contributed by atoms with Crippen LogP contribution in [0.1, 0.15) is 84.8 Å². The number of alkyl carbamates (subject to hydrolysis) is 1. The Hall–Kier alpha value is -5.50. The number of fused-ring (bicyclic) bond motifs is 2. The molecule has 3 aromatic rings. The minimum absolute atomic E-state index is 0.00960. The van der Waals surface area contributed by atoms with Crippen molar-refractivity contribution in [1.82, 2.24) is 25.8 Å². The molecule has 2 saturated heterocycles. The largest absolute Gasteiger partial charge is 0.488 e. The quantitative estimate of drug-likeness (QED) is 0.207. The topological polar surface area (TPSA) is 189 Å². The third-order valence-electron chi connectivity index (χ3n) is 9.95. The number of carbonyl (C=O) groups is 6. The summed E-state index contributed by atoms with van der Waals surface area (Å²) in [5.74, 6) is -2.83. The first-order chi connectivity index (χ1) is 27.4. The van der Waals surface area contributed by atoms with Gasteiger partial charge in [-0.1, -0.05) is 54.6 Å². The van der Waals surface area contributed by atoms with E-state index in [4.69, 9.17) is 15.2 Å². The Bertz CT molecular complexity index is 1970. The van der Waals surface area contributed by atoms with Crippen LogP contribution in [0.4, 0.5) is 4.79 Å². The molecule has 0 saturated carbocycles. The maximum Gasteiger partial charge on any atom is 0.408 e.